The van der Waals surface area contributed by atoms with Crippen LogP contribution in [0.1, 0.15) is 65.0 Å². The number of carbonyl (C=O) groups excluding carboxylic acids is 1. The van der Waals surface area contributed by atoms with Crippen LogP contribution in [0.25, 0.3) is 0 Å². The molecule has 0 unspecified atom stereocenters. The number of phenolic OH excluding ortho intramolecular Hbond substituents is 1. The molecule has 0 aromatic heterocycles. The van der Waals surface area contributed by atoms with Gasteiger partial charge in [0.25, 0.3) is 0 Å². The van der Waals surface area contributed by atoms with E-state index >= 15 is 0 Å². The van der Waals surface area contributed by atoms with Crippen molar-refractivity contribution in [1.82, 2.24) is 0 Å². The van der Waals surface area contributed by atoms with Gasteiger partial charge in [-0.25, -0.2) is 4.79 Å². The third kappa shape index (κ3) is 11.6. The minimum absolute atomic E-state index is 0.0370. The van der Waals surface area contributed by atoms with Gasteiger partial charge in [0, 0.05) is 17.9 Å². The molecule has 39 heavy (non-hydrogen) atoms. The minimum atomic E-state index is -1.00. The standard InChI is InChI=1S/C33H44O6/c1-23-13-11-15-24(2)30(36)18-10-8-6-5-7-9-14-25(3)33(38)39-31(22-29(35)20-19-23)26(4)32(37)27-16-12-17-28(34)21-27/h5-17,21,23,26,29-32,34-37H,18-20,22H2,1-4H3/t23-,26+,29-,30+,31-,32+/m0/s1. The van der Waals surface area contributed by atoms with E-state index in [-0.39, 0.29) is 18.1 Å². The van der Waals surface area contributed by atoms with Crippen LogP contribution in [-0.4, -0.2) is 44.7 Å². The molecular weight excluding hydrogens is 492 g/mol. The van der Waals surface area contributed by atoms with Crippen LogP contribution in [0.15, 0.2) is 96.2 Å². The van der Waals surface area contributed by atoms with Crippen LogP contribution >= 0.6 is 0 Å². The van der Waals surface area contributed by atoms with E-state index in [0.29, 0.717) is 24.0 Å². The number of hydrogen-bond donors (Lipinski definition) is 4. The van der Waals surface area contributed by atoms with Gasteiger partial charge in [0.1, 0.15) is 11.9 Å². The van der Waals surface area contributed by atoms with E-state index in [1.807, 2.05) is 49.5 Å². The number of aliphatic hydroxyl groups excluding tert-OH is 3. The van der Waals surface area contributed by atoms with Crippen molar-refractivity contribution in [2.45, 2.75) is 77.8 Å². The van der Waals surface area contributed by atoms with Crippen molar-refractivity contribution < 1.29 is 30.0 Å². The second kappa shape index (κ2) is 16.7. The lowest BCUT2D eigenvalue weighted by atomic mass is 9.88. The quantitative estimate of drug-likeness (QED) is 0.352. The lowest BCUT2D eigenvalue weighted by molar-refractivity contribution is -0.151. The largest absolute Gasteiger partial charge is 0.508 e. The Balaban J connectivity index is 2.28. The van der Waals surface area contributed by atoms with Crippen LogP contribution < -0.4 is 0 Å². The van der Waals surface area contributed by atoms with Crippen LogP contribution in [0.4, 0.5) is 0 Å². The SMILES string of the molecule is CC1=CC=CC=CC=CC[C@@H](O)C(C)=CC=C[C@H](C)CC[C@H](O)C[C@@H]([C@@H](C)[C@@H](O)c2cccc(O)c2)OC1=O. The monoisotopic (exact) mass is 536 g/mol. The van der Waals surface area contributed by atoms with Crippen LogP contribution in [-0.2, 0) is 9.53 Å². The summed E-state index contributed by atoms with van der Waals surface area (Å²) in [5.74, 6) is -0.830. The van der Waals surface area contributed by atoms with E-state index < -0.39 is 36.3 Å². The van der Waals surface area contributed by atoms with Gasteiger partial charge in [0.05, 0.1) is 18.3 Å². The van der Waals surface area contributed by atoms with Gasteiger partial charge in [-0.2, -0.15) is 0 Å². The maximum absolute atomic E-state index is 12.9. The van der Waals surface area contributed by atoms with Gasteiger partial charge in [0.2, 0.25) is 0 Å². The summed E-state index contributed by atoms with van der Waals surface area (Å²) in [6.07, 6.45) is 17.3. The molecule has 6 heteroatoms. The Morgan fingerprint density at radius 2 is 1.69 bits per heavy atom. The molecule has 1 aromatic carbocycles. The van der Waals surface area contributed by atoms with Gasteiger partial charge in [-0.3, -0.25) is 0 Å². The summed E-state index contributed by atoms with van der Waals surface area (Å²) in [5, 5.41) is 42.1. The second-order valence-corrected chi connectivity index (χ2v) is 10.4. The first-order valence-electron chi connectivity index (χ1n) is 13.6. The van der Waals surface area contributed by atoms with E-state index in [9.17, 15) is 25.2 Å². The molecular formula is C33H44O6. The molecule has 6 atom stereocenters. The van der Waals surface area contributed by atoms with Crippen LogP contribution in [0.5, 0.6) is 5.75 Å². The van der Waals surface area contributed by atoms with E-state index in [1.54, 1.807) is 44.2 Å². The van der Waals surface area contributed by atoms with Gasteiger partial charge in [-0.15, -0.1) is 0 Å². The fraction of sp³-hybridized carbons (Fsp3) is 0.424. The molecule has 0 saturated heterocycles. The van der Waals surface area contributed by atoms with Crippen molar-refractivity contribution in [2.24, 2.45) is 11.8 Å². The van der Waals surface area contributed by atoms with Gasteiger partial charge < -0.3 is 25.2 Å². The number of aliphatic hydroxyl groups is 3. The summed E-state index contributed by atoms with van der Waals surface area (Å²) in [5.41, 5.74) is 1.77. The Morgan fingerprint density at radius 1 is 0.974 bits per heavy atom. The zero-order valence-electron chi connectivity index (χ0n) is 23.5. The molecule has 1 heterocycles. The Hall–Kier alpha value is -3.19. The Morgan fingerprint density at radius 3 is 2.44 bits per heavy atom. The number of benzene rings is 1. The second-order valence-electron chi connectivity index (χ2n) is 10.4. The molecule has 0 bridgehead atoms. The smallest absolute Gasteiger partial charge is 0.333 e. The maximum atomic E-state index is 12.9. The number of ether oxygens (including phenoxy) is 1. The zero-order chi connectivity index (χ0) is 28.8. The van der Waals surface area contributed by atoms with Gasteiger partial charge >= 0.3 is 5.97 Å². The van der Waals surface area contributed by atoms with Crippen molar-refractivity contribution in [1.29, 1.82) is 0 Å². The maximum Gasteiger partial charge on any atom is 0.333 e. The summed E-state index contributed by atoms with van der Waals surface area (Å²) in [4.78, 5) is 12.9. The number of cyclic esters (lactones) is 1. The molecule has 1 aliphatic heterocycles. The molecule has 1 aromatic rings. The lowest BCUT2D eigenvalue weighted by Crippen LogP contribution is -2.33. The third-order valence-electron chi connectivity index (χ3n) is 6.95. The molecule has 4 N–H and O–H groups in total. The number of esters is 1. The van der Waals surface area contributed by atoms with Crippen molar-refractivity contribution in [2.75, 3.05) is 0 Å². The number of hydrogen-bond acceptors (Lipinski definition) is 6. The third-order valence-corrected chi connectivity index (χ3v) is 6.95. The van der Waals surface area contributed by atoms with E-state index in [4.69, 9.17) is 4.74 Å². The molecule has 0 saturated carbocycles. The first kappa shape index (κ1) is 32.0. The molecule has 6 nitrogen and oxygen atoms in total. The molecule has 0 radical (unpaired) electrons. The highest BCUT2D eigenvalue weighted by Gasteiger charge is 2.31. The number of aromatic hydroxyl groups is 1. The Kier molecular flexibility index (Phi) is 13.7. The summed E-state index contributed by atoms with van der Waals surface area (Å²) in [7, 11) is 0. The molecule has 212 valence electrons. The van der Waals surface area contributed by atoms with Crippen molar-refractivity contribution >= 4 is 5.97 Å². The lowest BCUT2D eigenvalue weighted by Gasteiger charge is -2.30. The fourth-order valence-electron chi connectivity index (χ4n) is 4.19. The average molecular weight is 537 g/mol. The van der Waals surface area contributed by atoms with E-state index in [0.717, 1.165) is 12.0 Å². The zero-order valence-corrected chi connectivity index (χ0v) is 23.5. The van der Waals surface area contributed by atoms with Crippen molar-refractivity contribution in [3.05, 3.63) is 102 Å². The molecule has 0 amide bonds. The van der Waals surface area contributed by atoms with Gasteiger partial charge in [-0.1, -0.05) is 86.7 Å². The Labute approximate surface area is 233 Å². The topological polar surface area (TPSA) is 107 Å². The summed E-state index contributed by atoms with van der Waals surface area (Å²) in [6.45, 7) is 7.39. The van der Waals surface area contributed by atoms with Gasteiger partial charge in [-0.05, 0) is 62.3 Å². The highest BCUT2D eigenvalue weighted by Crippen LogP contribution is 2.31. The molecule has 1 aliphatic rings. The highest BCUT2D eigenvalue weighted by molar-refractivity contribution is 5.88. The molecule has 0 fully saturated rings. The van der Waals surface area contributed by atoms with E-state index in [1.165, 1.54) is 12.1 Å². The summed E-state index contributed by atoms with van der Waals surface area (Å²) >= 11 is 0. The van der Waals surface area contributed by atoms with Gasteiger partial charge in [0.15, 0.2) is 0 Å². The highest BCUT2D eigenvalue weighted by atomic mass is 16.5. The normalized spacial score (nSPS) is 26.0. The average Bonchev–Trinajstić information content (AvgIpc) is 2.91. The number of rotatable bonds is 3. The summed E-state index contributed by atoms with van der Waals surface area (Å²) in [6, 6.07) is 6.36. The Bertz CT molecular complexity index is 1090. The van der Waals surface area contributed by atoms with Crippen molar-refractivity contribution in [3.8, 4) is 5.75 Å². The fourth-order valence-corrected chi connectivity index (χ4v) is 4.19. The van der Waals surface area contributed by atoms with E-state index in [2.05, 4.69) is 6.92 Å². The number of allylic oxidation sites excluding steroid dienone is 9. The summed E-state index contributed by atoms with van der Waals surface area (Å²) < 4.78 is 5.83. The van der Waals surface area contributed by atoms with Crippen LogP contribution in [0, 0.1) is 11.8 Å². The minimum Gasteiger partial charge on any atom is -0.508 e. The first-order valence-corrected chi connectivity index (χ1v) is 13.6. The molecule has 0 aliphatic carbocycles. The predicted octanol–water partition coefficient (Wildman–Crippen LogP) is 6.02. The van der Waals surface area contributed by atoms with Crippen LogP contribution in [0.3, 0.4) is 0 Å². The van der Waals surface area contributed by atoms with Crippen molar-refractivity contribution in [3.63, 3.8) is 0 Å². The predicted molar refractivity (Wildman–Crippen MR) is 156 cm³/mol. The first-order chi connectivity index (χ1) is 18.6. The number of carbonyl (C=O) groups is 1. The number of phenols is 1. The molecule has 0 spiro atoms. The molecule has 2 rings (SSSR count). The van der Waals surface area contributed by atoms with Crippen LogP contribution in [0.2, 0.25) is 0 Å².